The number of nitrogens with one attached hydrogen (secondary N) is 7. The van der Waals surface area contributed by atoms with E-state index >= 15 is 0 Å². The van der Waals surface area contributed by atoms with E-state index in [1.54, 1.807) is 42.3 Å². The number of aromatic nitrogens is 4. The third-order valence-electron chi connectivity index (χ3n) is 18.7. The summed E-state index contributed by atoms with van der Waals surface area (Å²) in [6.45, 7) is 17.1. The summed E-state index contributed by atoms with van der Waals surface area (Å²) in [5, 5.41) is 56.6. The van der Waals surface area contributed by atoms with E-state index in [1.165, 1.54) is 12.1 Å². The van der Waals surface area contributed by atoms with Crippen molar-refractivity contribution in [1.82, 2.24) is 67.2 Å². The quantitative estimate of drug-likeness (QED) is 0.0150. The van der Waals surface area contributed by atoms with E-state index in [-0.39, 0.29) is 116 Å². The molecule has 2 aromatic heterocycles. The van der Waals surface area contributed by atoms with E-state index in [0.29, 0.717) is 108 Å². The van der Waals surface area contributed by atoms with Crippen LogP contribution in [0.15, 0.2) is 87.6 Å². The maximum absolute atomic E-state index is 14.0. The highest BCUT2D eigenvalue weighted by molar-refractivity contribution is 8.00. The van der Waals surface area contributed by atoms with Crippen LogP contribution in [-0.4, -0.2) is 228 Å². The van der Waals surface area contributed by atoms with E-state index in [2.05, 4.69) is 102 Å². The largest absolute Gasteiger partial charge is 0.480 e. The maximum atomic E-state index is 14.0. The van der Waals surface area contributed by atoms with Crippen molar-refractivity contribution in [3.8, 4) is 0 Å². The Kier molecular flexibility index (Phi) is 32.4. The van der Waals surface area contributed by atoms with Gasteiger partial charge in [0.1, 0.15) is 42.1 Å². The van der Waals surface area contributed by atoms with Crippen LogP contribution in [0, 0.1) is 11.2 Å². The lowest BCUT2D eigenvalue weighted by Crippen LogP contribution is -2.49. The molecule has 8 aliphatic rings. The lowest BCUT2D eigenvalue weighted by molar-refractivity contribution is -0.197. The first-order valence-electron chi connectivity index (χ1n) is 36.2. The first-order chi connectivity index (χ1) is 51.1. The summed E-state index contributed by atoms with van der Waals surface area (Å²) in [6, 6.07) is 6.68. The second-order valence-electron chi connectivity index (χ2n) is 27.9. The minimum atomic E-state index is -0.953. The van der Waals surface area contributed by atoms with Crippen LogP contribution in [0.25, 0.3) is 0 Å². The molecule has 0 radical (unpaired) electrons. The number of hydrogen-bond acceptors (Lipinski definition) is 25. The molecule has 5 fully saturated rings. The van der Waals surface area contributed by atoms with Crippen LogP contribution in [0.1, 0.15) is 148 Å². The number of carbonyl (C=O) groups is 9. The number of unbranched alkanes of at least 4 members (excludes halogenated alkanes) is 2. The van der Waals surface area contributed by atoms with Crippen molar-refractivity contribution in [2.24, 2.45) is 26.4 Å². The Balaban J connectivity index is 0.000000275. The van der Waals surface area contributed by atoms with Gasteiger partial charge in [-0.15, -0.1) is 10.2 Å². The number of ether oxygens (including phenoxy) is 3. The topological polar surface area (TPSA) is 428 Å². The second kappa shape index (κ2) is 41.0. The summed E-state index contributed by atoms with van der Waals surface area (Å²) in [5.41, 5.74) is 6.67. The van der Waals surface area contributed by atoms with E-state index < -0.39 is 65.7 Å². The monoisotopic (exact) mass is 1550 g/mol. The predicted octanol–water partition coefficient (Wildman–Crippen LogP) is 5.33. The Labute approximate surface area is 635 Å². The third kappa shape index (κ3) is 26.4. The van der Waals surface area contributed by atoms with Gasteiger partial charge in [0.15, 0.2) is 11.4 Å². The number of allylic oxidation sites excluding steroid dienone is 2. The van der Waals surface area contributed by atoms with Gasteiger partial charge in [-0.2, -0.15) is 33.8 Å². The predicted molar refractivity (Wildman–Crippen MR) is 397 cm³/mol. The Morgan fingerprint density at radius 3 is 1.99 bits per heavy atom. The molecular formula is C71H101ClFN17O15S2. The third-order valence-corrected chi connectivity index (χ3v) is 22.0. The molecule has 36 heteroatoms. The molecule has 0 spiro atoms. The van der Waals surface area contributed by atoms with Gasteiger partial charge >= 0.3 is 24.0 Å². The number of carboxylic acid groups (broad SMARTS) is 1. The van der Waals surface area contributed by atoms with E-state index in [4.69, 9.17) is 46.5 Å². The van der Waals surface area contributed by atoms with Crippen LogP contribution in [0.3, 0.4) is 0 Å². The van der Waals surface area contributed by atoms with Crippen molar-refractivity contribution in [3.05, 3.63) is 100 Å². The van der Waals surface area contributed by atoms with Crippen LogP contribution in [-0.2, 0) is 65.8 Å². The van der Waals surface area contributed by atoms with E-state index in [9.17, 15) is 52.6 Å². The van der Waals surface area contributed by atoms with Crippen LogP contribution >= 0.6 is 35.1 Å². The summed E-state index contributed by atoms with van der Waals surface area (Å²) >= 11 is 10.1. The molecule has 586 valence electrons. The molecule has 8 amide bonds. The molecule has 0 saturated carbocycles. The number of aliphatic imine (C=N–C) groups is 1. The molecule has 1 aliphatic carbocycles. The SMILES string of the molecule is CC1(C[C@H](N)C(=O)O)C=C1.CC1(C[C@H](NC(=O)CCCC[C@@H]2SC[C@@H]3NC(=O)N[C@@H]32)C(=O)NCCOCCOCCn2cc(COCC3=C(C(=O)CO)C(c4ccc(F)cc4Cl)N=C(c4ccncc4)N3)nn2)N=N1.CCN(C(C)C)C(C)C.O=C1N[C@H]2[C@H](CS[C@H]2CCCCC(=O)ON2C(=O)CCC2=O)N1. The minimum Gasteiger partial charge on any atom is -0.480 e. The zero-order valence-corrected chi connectivity index (χ0v) is 63.9. The van der Waals surface area contributed by atoms with Crippen molar-refractivity contribution in [2.45, 2.75) is 209 Å². The second-order valence-corrected chi connectivity index (χ2v) is 30.8. The Hall–Kier alpha value is -8.03. The number of aliphatic carboxylic acids is 1. The van der Waals surface area contributed by atoms with Crippen LogP contribution in [0.2, 0.25) is 5.02 Å². The standard InChI is InChI=1S/C42H52ClFN12O8S.C14H19N3O5S.C8H19N.C7H11NO2/c1-42(53-54-42)19-30(47-35(59)5-3-2-4-34-38-32(24-65-34)49-41(61)51-38)40(60)46-12-14-62-16-17-63-15-13-56-20-27(52-55-56)22-64-23-31-36(33(58)21-57)37(28-7-6-26(44)18-29(28)43)50-39(48-31)25-8-10-45-11-9-25;18-10-5-6-11(19)17(10)22-12(20)4-2-1-3-9-13-8(7-23-9)15-14(21)16-13;1-6-9(7(2)3)8(4)5;1-7(2-3-7)4-5(8)6(9)10/h6-11,18,20,30,32,34,37-38,57H,2-5,12-17,19,21-24H2,1H3,(H,46,60)(H,47,59)(H,48,50)(H2,49,51,61);8-9,13H,1-7H2,(H2,15,16,21);7-8H,6H2,1-5H3;2-3,5H,4,8H2,1H3,(H,9,10)/t30-,32-,34-,37?,38-;8-,9-,13-;;5-/m00.0/s1. The molecule has 32 nitrogen and oxygen atoms in total. The number of aliphatic hydroxyl groups excluding tert-OH is 1. The normalized spacial score (nSPS) is 22.1. The number of rotatable bonds is 38. The fourth-order valence-electron chi connectivity index (χ4n) is 12.9. The van der Waals surface area contributed by atoms with Crippen molar-refractivity contribution >= 4 is 94.4 Å². The summed E-state index contributed by atoms with van der Waals surface area (Å²) in [6.07, 6.45) is 15.1. The van der Waals surface area contributed by atoms with Crippen LogP contribution in [0.4, 0.5) is 14.0 Å². The van der Waals surface area contributed by atoms with Gasteiger partial charge < -0.3 is 72.2 Å². The first kappa shape index (κ1) is 84.6. The van der Waals surface area contributed by atoms with Gasteiger partial charge in [0.05, 0.1) is 82.2 Å². The van der Waals surface area contributed by atoms with Crippen molar-refractivity contribution in [2.75, 3.05) is 64.2 Å². The zero-order chi connectivity index (χ0) is 77.4. The highest BCUT2D eigenvalue weighted by atomic mass is 35.5. The summed E-state index contributed by atoms with van der Waals surface area (Å²) < 4.78 is 32.9. The summed E-state index contributed by atoms with van der Waals surface area (Å²) in [5.74, 6) is -1.87. The number of imide groups is 1. The molecule has 3 aromatic rings. The molecule has 5 saturated heterocycles. The smallest absolute Gasteiger partial charge is 0.333 e. The molecular weight excluding hydrogens is 1450 g/mol. The number of aliphatic hydroxyl groups is 1. The Morgan fingerprint density at radius 1 is 0.813 bits per heavy atom. The molecule has 11 N–H and O–H groups in total. The van der Waals surface area contributed by atoms with Gasteiger partial charge in [0, 0.05) is 112 Å². The Bertz CT molecular complexity index is 3670. The number of Topliss-reactive ketones (excluding diaryl/α,β-unsaturated/α-hetero) is 1. The van der Waals surface area contributed by atoms with Crippen LogP contribution in [0.5, 0.6) is 0 Å². The molecule has 9 atom stereocenters. The van der Waals surface area contributed by atoms with Gasteiger partial charge in [-0.05, 0) is 97.5 Å². The summed E-state index contributed by atoms with van der Waals surface area (Å²) in [4.78, 5) is 123. The number of amidine groups is 1. The maximum Gasteiger partial charge on any atom is 0.333 e. The molecule has 0 bridgehead atoms. The lowest BCUT2D eigenvalue weighted by Gasteiger charge is -2.28. The average Bonchev–Trinajstić information content (AvgIpc) is 1.58. The zero-order valence-electron chi connectivity index (χ0n) is 61.5. The van der Waals surface area contributed by atoms with Crippen molar-refractivity contribution in [1.29, 1.82) is 0 Å². The number of nitrogens with zero attached hydrogens (tertiary/aromatic N) is 9. The van der Waals surface area contributed by atoms with Gasteiger partial charge in [-0.3, -0.25) is 43.6 Å². The van der Waals surface area contributed by atoms with Crippen molar-refractivity contribution in [3.63, 3.8) is 0 Å². The lowest BCUT2D eigenvalue weighted by atomic mass is 9.92. The number of pyridine rings is 1. The average molecular weight is 1550 g/mol. The number of carbonyl (C=O) groups excluding carboxylic acids is 8. The number of nitrogens with two attached hydrogens (primary N) is 1. The highest BCUT2D eigenvalue weighted by Crippen LogP contribution is 2.40. The number of hydrogen-bond donors (Lipinski definition) is 10. The van der Waals surface area contributed by atoms with Crippen LogP contribution < -0.4 is 43.0 Å². The van der Waals surface area contributed by atoms with E-state index in [1.807, 2.05) is 42.6 Å². The number of hydroxylamine groups is 2. The van der Waals surface area contributed by atoms with E-state index in [0.717, 1.165) is 49.8 Å². The molecule has 7 aliphatic heterocycles. The number of ketones is 1. The fourth-order valence-corrected chi connectivity index (χ4v) is 16.2. The number of thioether (sulfide) groups is 2. The number of carboxylic acids is 1. The number of urea groups is 2. The van der Waals surface area contributed by atoms with Gasteiger partial charge in [0.25, 0.3) is 11.8 Å². The van der Waals surface area contributed by atoms with Gasteiger partial charge in [0.2, 0.25) is 11.8 Å². The molecule has 1 aromatic carbocycles. The highest BCUT2D eigenvalue weighted by Gasteiger charge is 2.45. The van der Waals surface area contributed by atoms with Gasteiger partial charge in [-0.25, -0.2) is 23.5 Å². The number of amides is 8. The number of benzene rings is 1. The number of fused-ring (bicyclic) bond motifs is 2. The minimum absolute atomic E-state index is 0.00218. The molecule has 107 heavy (non-hydrogen) atoms. The Morgan fingerprint density at radius 2 is 1.43 bits per heavy atom. The van der Waals surface area contributed by atoms with Gasteiger partial charge in [-0.1, -0.05) is 61.7 Å². The number of halogens is 2. The summed E-state index contributed by atoms with van der Waals surface area (Å²) in [7, 11) is 0. The molecule has 9 heterocycles. The fraction of sp³-hybridized carbons (Fsp3) is 0.620. The first-order valence-corrected chi connectivity index (χ1v) is 38.7. The molecule has 1 unspecified atom stereocenters. The molecule has 11 rings (SSSR count). The van der Waals surface area contributed by atoms with Crippen molar-refractivity contribution < 1.29 is 76.8 Å².